The van der Waals surface area contributed by atoms with Gasteiger partial charge in [0.05, 0.1) is 11.1 Å². The summed E-state index contributed by atoms with van der Waals surface area (Å²) in [5.74, 6) is -0.998. The van der Waals surface area contributed by atoms with Crippen LogP contribution in [-0.2, 0) is 17.6 Å². The van der Waals surface area contributed by atoms with Gasteiger partial charge in [0, 0.05) is 15.4 Å². The van der Waals surface area contributed by atoms with Crippen LogP contribution in [0.5, 0.6) is 0 Å². The van der Waals surface area contributed by atoms with Gasteiger partial charge in [0.15, 0.2) is 0 Å². The maximum Gasteiger partial charge on any atom is 0.272 e. The van der Waals surface area contributed by atoms with Crippen LogP contribution in [0.2, 0.25) is 0 Å². The zero-order chi connectivity index (χ0) is 19.4. The van der Waals surface area contributed by atoms with Crippen molar-refractivity contribution in [2.75, 3.05) is 5.32 Å². The number of rotatable bonds is 3. The van der Waals surface area contributed by atoms with Crippen molar-refractivity contribution in [3.63, 3.8) is 0 Å². The van der Waals surface area contributed by atoms with Gasteiger partial charge in [-0.05, 0) is 66.0 Å². The molecule has 3 N–H and O–H groups in total. The van der Waals surface area contributed by atoms with Crippen LogP contribution < -0.4 is 16.2 Å². The van der Waals surface area contributed by atoms with Gasteiger partial charge in [0.2, 0.25) is 5.91 Å². The number of nitrogens with one attached hydrogen (secondary N) is 3. The molecule has 1 heterocycles. The molecule has 0 atom stereocenters. The lowest BCUT2D eigenvalue weighted by Gasteiger charge is -2.10. The molecule has 1 aromatic heterocycles. The quantitative estimate of drug-likeness (QED) is 0.344. The van der Waals surface area contributed by atoms with E-state index in [2.05, 4.69) is 38.8 Å². The molecule has 0 aliphatic heterocycles. The Morgan fingerprint density at radius 3 is 2.48 bits per heavy atom. The Hall–Kier alpha value is -1.94. The van der Waals surface area contributed by atoms with Gasteiger partial charge in [0.1, 0.15) is 5.00 Å². The van der Waals surface area contributed by atoms with Crippen molar-refractivity contribution in [1.82, 2.24) is 10.9 Å². The van der Waals surface area contributed by atoms with Gasteiger partial charge in [-0.25, -0.2) is 0 Å². The highest BCUT2D eigenvalue weighted by Crippen LogP contribution is 2.37. The molecule has 0 radical (unpaired) electrons. The normalized spacial score (nSPS) is 13.3. The minimum absolute atomic E-state index is 0.245. The lowest BCUT2D eigenvalue weighted by molar-refractivity contribution is -0.119. The van der Waals surface area contributed by atoms with Gasteiger partial charge in [-0.2, -0.15) is 0 Å². The molecule has 8 heteroatoms. The Balaban J connectivity index is 1.94. The smallest absolute Gasteiger partial charge is 0.272 e. The van der Waals surface area contributed by atoms with E-state index in [1.54, 1.807) is 6.07 Å². The summed E-state index contributed by atoms with van der Waals surface area (Å²) in [6.07, 6.45) is 4.91. The van der Waals surface area contributed by atoms with Gasteiger partial charge in [0.25, 0.3) is 11.8 Å². The van der Waals surface area contributed by atoms with Crippen LogP contribution in [-0.4, -0.2) is 17.7 Å². The molecule has 1 aliphatic rings. The highest BCUT2D eigenvalue weighted by atomic mass is 127. The minimum atomic E-state index is -0.400. The predicted octanol–water partition coefficient (Wildman–Crippen LogP) is 3.65. The summed E-state index contributed by atoms with van der Waals surface area (Å²) in [4.78, 5) is 37.8. The van der Waals surface area contributed by atoms with E-state index in [4.69, 9.17) is 0 Å². The molecule has 142 valence electrons. The van der Waals surface area contributed by atoms with E-state index in [-0.39, 0.29) is 11.8 Å². The fourth-order valence-corrected chi connectivity index (χ4v) is 5.01. The molecular formula is C19H20IN3O3S. The predicted molar refractivity (Wildman–Crippen MR) is 114 cm³/mol. The Labute approximate surface area is 175 Å². The second-order valence-corrected chi connectivity index (χ2v) is 8.61. The zero-order valence-corrected chi connectivity index (χ0v) is 17.8. The molecule has 0 bridgehead atoms. The monoisotopic (exact) mass is 497 g/mol. The number of aryl methyl sites for hydroxylation is 1. The Kier molecular flexibility index (Phi) is 6.48. The van der Waals surface area contributed by atoms with Crippen molar-refractivity contribution in [3.8, 4) is 0 Å². The summed E-state index contributed by atoms with van der Waals surface area (Å²) in [6.45, 7) is 1.33. The SMILES string of the molecule is CC(=O)NNC(=O)c1c(NC(=O)c2ccccc2I)sc2c1CCCCC2. The summed E-state index contributed by atoms with van der Waals surface area (Å²) in [7, 11) is 0. The molecule has 2 aromatic rings. The van der Waals surface area contributed by atoms with Crippen molar-refractivity contribution in [1.29, 1.82) is 0 Å². The van der Waals surface area contributed by atoms with Gasteiger partial charge < -0.3 is 5.32 Å². The number of anilines is 1. The van der Waals surface area contributed by atoms with Crippen LogP contribution in [0.4, 0.5) is 5.00 Å². The van der Waals surface area contributed by atoms with Crippen LogP contribution in [0.15, 0.2) is 24.3 Å². The largest absolute Gasteiger partial charge is 0.313 e. The Bertz CT molecular complexity index is 894. The third-order valence-corrected chi connectivity index (χ3v) is 6.49. The van der Waals surface area contributed by atoms with E-state index in [9.17, 15) is 14.4 Å². The second kappa shape index (κ2) is 8.83. The highest BCUT2D eigenvalue weighted by Gasteiger charge is 2.26. The summed E-state index contributed by atoms with van der Waals surface area (Å²) < 4.78 is 0.843. The maximum absolute atomic E-state index is 12.7. The summed E-state index contributed by atoms with van der Waals surface area (Å²) in [5, 5.41) is 3.45. The van der Waals surface area contributed by atoms with Crippen LogP contribution in [0.3, 0.4) is 0 Å². The van der Waals surface area contributed by atoms with Gasteiger partial charge in [-0.15, -0.1) is 11.3 Å². The lowest BCUT2D eigenvalue weighted by atomic mass is 10.0. The number of fused-ring (bicyclic) bond motifs is 1. The average Bonchev–Trinajstić information content (AvgIpc) is 2.81. The molecule has 0 unspecified atom stereocenters. The van der Waals surface area contributed by atoms with Gasteiger partial charge in [-0.3, -0.25) is 25.2 Å². The number of hydrogen-bond donors (Lipinski definition) is 3. The number of benzene rings is 1. The Morgan fingerprint density at radius 2 is 1.74 bits per heavy atom. The number of thiophene rings is 1. The summed E-state index contributed by atoms with van der Waals surface area (Å²) >= 11 is 3.58. The molecule has 0 spiro atoms. The highest BCUT2D eigenvalue weighted by molar-refractivity contribution is 14.1. The van der Waals surface area contributed by atoms with E-state index >= 15 is 0 Å². The second-order valence-electron chi connectivity index (χ2n) is 6.34. The van der Waals surface area contributed by atoms with Crippen molar-refractivity contribution < 1.29 is 14.4 Å². The first-order valence-corrected chi connectivity index (χ1v) is 10.6. The number of carbonyl (C=O) groups excluding carboxylic acids is 3. The van der Waals surface area contributed by atoms with Crippen molar-refractivity contribution >= 4 is 56.7 Å². The number of amides is 3. The van der Waals surface area contributed by atoms with Crippen LogP contribution in [0.1, 0.15) is 57.3 Å². The van der Waals surface area contributed by atoms with E-state index in [1.807, 2.05) is 18.2 Å². The average molecular weight is 497 g/mol. The number of hydrogen-bond acceptors (Lipinski definition) is 4. The number of halogens is 1. The standard InChI is InChI=1S/C19H20IN3O3S/c1-11(24)22-23-18(26)16-13-8-3-2-4-10-15(13)27-19(16)21-17(25)12-7-5-6-9-14(12)20/h5-7,9H,2-4,8,10H2,1H3,(H,21,25)(H,22,24)(H,23,26). The van der Waals surface area contributed by atoms with Crippen LogP contribution in [0, 0.1) is 3.57 Å². The molecule has 1 aromatic carbocycles. The van der Waals surface area contributed by atoms with E-state index in [1.165, 1.54) is 18.3 Å². The molecule has 3 amide bonds. The molecule has 0 saturated carbocycles. The summed E-state index contributed by atoms with van der Waals surface area (Å²) in [6, 6.07) is 7.31. The van der Waals surface area contributed by atoms with Gasteiger partial charge in [-0.1, -0.05) is 18.6 Å². The zero-order valence-electron chi connectivity index (χ0n) is 14.9. The first-order chi connectivity index (χ1) is 13.0. The van der Waals surface area contributed by atoms with Crippen molar-refractivity contribution in [3.05, 3.63) is 49.4 Å². The minimum Gasteiger partial charge on any atom is -0.313 e. The van der Waals surface area contributed by atoms with Crippen LogP contribution in [0.25, 0.3) is 0 Å². The van der Waals surface area contributed by atoms with Gasteiger partial charge >= 0.3 is 0 Å². The topological polar surface area (TPSA) is 87.3 Å². The third-order valence-electron chi connectivity index (χ3n) is 4.35. The number of carbonyl (C=O) groups is 3. The molecule has 27 heavy (non-hydrogen) atoms. The Morgan fingerprint density at radius 1 is 1.00 bits per heavy atom. The van der Waals surface area contributed by atoms with Crippen molar-refractivity contribution in [2.24, 2.45) is 0 Å². The molecular weight excluding hydrogens is 477 g/mol. The maximum atomic E-state index is 12.7. The molecule has 0 fully saturated rings. The van der Waals surface area contributed by atoms with Crippen molar-refractivity contribution in [2.45, 2.75) is 39.0 Å². The molecule has 3 rings (SSSR count). The fraction of sp³-hybridized carbons (Fsp3) is 0.316. The lowest BCUT2D eigenvalue weighted by Crippen LogP contribution is -2.40. The first-order valence-electron chi connectivity index (χ1n) is 8.74. The van der Waals surface area contributed by atoms with E-state index < -0.39 is 5.91 Å². The van der Waals surface area contributed by atoms with E-state index in [0.29, 0.717) is 16.1 Å². The first kappa shape index (κ1) is 19.8. The van der Waals surface area contributed by atoms with Crippen LogP contribution >= 0.6 is 33.9 Å². The summed E-state index contributed by atoms with van der Waals surface area (Å²) in [5.41, 5.74) is 6.78. The third kappa shape index (κ3) is 4.67. The molecule has 6 nitrogen and oxygen atoms in total. The fourth-order valence-electron chi connectivity index (χ4n) is 3.09. The molecule has 1 aliphatic carbocycles. The van der Waals surface area contributed by atoms with E-state index in [0.717, 1.165) is 46.1 Å². The number of hydrazine groups is 1. The molecule has 0 saturated heterocycles.